The molecule has 2 aliphatic rings. The van der Waals surface area contributed by atoms with Crippen LogP contribution in [0, 0.1) is 5.92 Å². The van der Waals surface area contributed by atoms with Crippen LogP contribution in [0.3, 0.4) is 0 Å². The number of aromatic nitrogens is 2. The summed E-state index contributed by atoms with van der Waals surface area (Å²) in [6.45, 7) is 3.29. The van der Waals surface area contributed by atoms with Crippen LogP contribution in [0.5, 0.6) is 0 Å². The van der Waals surface area contributed by atoms with Gasteiger partial charge in [0.1, 0.15) is 0 Å². The molecule has 0 spiro atoms. The lowest BCUT2D eigenvalue weighted by Gasteiger charge is -2.42. The van der Waals surface area contributed by atoms with E-state index in [2.05, 4.69) is 17.0 Å². The van der Waals surface area contributed by atoms with Crippen molar-refractivity contribution in [1.82, 2.24) is 14.0 Å². The summed E-state index contributed by atoms with van der Waals surface area (Å²) in [5, 5.41) is 1.10. The van der Waals surface area contributed by atoms with Gasteiger partial charge in [0.25, 0.3) is 11.1 Å². The molecule has 1 aromatic carbocycles. The molecule has 0 N–H and O–H groups in total. The smallest absolute Gasteiger partial charge is 0.255 e. The fourth-order valence-electron chi connectivity index (χ4n) is 4.97. The molecule has 2 aromatic heterocycles. The third kappa shape index (κ3) is 2.73. The molecule has 138 valence electrons. The highest BCUT2D eigenvalue weighted by atomic mass is 16.1. The lowest BCUT2D eigenvalue weighted by atomic mass is 9.83. The topological polar surface area (TPSA) is 47.2 Å². The van der Waals surface area contributed by atoms with E-state index in [1.807, 2.05) is 41.9 Å². The highest BCUT2D eigenvalue weighted by molar-refractivity contribution is 5.79. The van der Waals surface area contributed by atoms with Crippen LogP contribution >= 0.6 is 0 Å². The van der Waals surface area contributed by atoms with Gasteiger partial charge in [-0.2, -0.15) is 0 Å². The Kier molecular flexibility index (Phi) is 3.79. The molecule has 0 radical (unpaired) electrons. The van der Waals surface area contributed by atoms with Gasteiger partial charge in [-0.05, 0) is 35.9 Å². The molecule has 4 heterocycles. The molecule has 27 heavy (non-hydrogen) atoms. The maximum absolute atomic E-state index is 12.8. The molecule has 1 saturated heterocycles. The lowest BCUT2D eigenvalue weighted by Crippen LogP contribution is -2.47. The van der Waals surface area contributed by atoms with Gasteiger partial charge < -0.3 is 9.13 Å². The lowest BCUT2D eigenvalue weighted by molar-refractivity contribution is 0.114. The zero-order valence-electron chi connectivity index (χ0n) is 15.5. The summed E-state index contributed by atoms with van der Waals surface area (Å²) in [4.78, 5) is 27.4. The first-order chi connectivity index (χ1) is 13.1. The van der Waals surface area contributed by atoms with Crippen molar-refractivity contribution >= 4 is 10.9 Å². The van der Waals surface area contributed by atoms with Crippen LogP contribution in [0.2, 0.25) is 0 Å². The second kappa shape index (κ2) is 6.20. The van der Waals surface area contributed by atoms with Crippen LogP contribution in [0.25, 0.3) is 10.9 Å². The van der Waals surface area contributed by atoms with E-state index in [0.717, 1.165) is 48.2 Å². The quantitative estimate of drug-likeness (QED) is 0.704. The number of fused-ring (bicyclic) bond motifs is 5. The van der Waals surface area contributed by atoms with Crippen molar-refractivity contribution in [2.45, 2.75) is 25.4 Å². The van der Waals surface area contributed by atoms with E-state index in [1.165, 1.54) is 0 Å². The average molecular weight is 361 g/mol. The van der Waals surface area contributed by atoms with E-state index >= 15 is 0 Å². The number of piperidine rings is 1. The van der Waals surface area contributed by atoms with Crippen molar-refractivity contribution < 1.29 is 0 Å². The first kappa shape index (κ1) is 16.5. The van der Waals surface area contributed by atoms with Crippen LogP contribution in [0.15, 0.2) is 58.1 Å². The molecule has 0 saturated carbocycles. The average Bonchev–Trinajstić information content (AvgIpc) is 2.67. The van der Waals surface area contributed by atoms with Crippen molar-refractivity contribution in [3.05, 3.63) is 80.5 Å². The molecular formula is C22H23N3O2. The summed E-state index contributed by atoms with van der Waals surface area (Å²) in [6.07, 6.45) is 1.13. The van der Waals surface area contributed by atoms with Crippen LogP contribution in [-0.4, -0.2) is 27.1 Å². The fourth-order valence-corrected chi connectivity index (χ4v) is 4.97. The Hall–Kier alpha value is -2.66. The van der Waals surface area contributed by atoms with E-state index in [9.17, 15) is 9.59 Å². The number of aryl methyl sites for hydroxylation is 1. The first-order valence-electron chi connectivity index (χ1n) is 9.60. The Labute approximate surface area is 157 Å². The zero-order chi connectivity index (χ0) is 18.5. The number of hydrogen-bond donors (Lipinski definition) is 0. The predicted molar refractivity (Wildman–Crippen MR) is 106 cm³/mol. The second-order valence-corrected chi connectivity index (χ2v) is 7.98. The Balaban J connectivity index is 1.47. The number of hydrogen-bond acceptors (Lipinski definition) is 3. The Morgan fingerprint density at radius 2 is 1.85 bits per heavy atom. The molecule has 0 amide bonds. The molecular weight excluding hydrogens is 338 g/mol. The molecule has 3 aromatic rings. The van der Waals surface area contributed by atoms with Gasteiger partial charge >= 0.3 is 0 Å². The van der Waals surface area contributed by atoms with Gasteiger partial charge in [0.05, 0.1) is 5.52 Å². The van der Waals surface area contributed by atoms with Crippen molar-refractivity contribution in [3.8, 4) is 0 Å². The first-order valence-corrected chi connectivity index (χ1v) is 9.60. The van der Waals surface area contributed by atoms with Gasteiger partial charge in [0.15, 0.2) is 0 Å². The standard InChI is InChI=1S/C22H23N3O2/c1-23-19-6-3-2-5-16(19)10-18(22(23)27)14-24-11-15-9-17(13-24)20-7-4-8-21(26)25(20)12-15/h2-8,10,15,17H,9,11-14H2,1H3/t15-,17-/m0/s1. The summed E-state index contributed by atoms with van der Waals surface area (Å²) in [5.41, 5.74) is 3.16. The number of rotatable bonds is 2. The number of likely N-dealkylation sites (tertiary alicyclic amines) is 1. The van der Waals surface area contributed by atoms with Crippen molar-refractivity contribution in [2.75, 3.05) is 13.1 Å². The molecule has 1 fully saturated rings. The fraction of sp³-hybridized carbons (Fsp3) is 0.364. The van der Waals surface area contributed by atoms with Crippen molar-refractivity contribution in [1.29, 1.82) is 0 Å². The number of benzene rings is 1. The predicted octanol–water partition coefficient (Wildman–Crippen LogP) is 2.32. The summed E-state index contributed by atoms with van der Waals surface area (Å²) in [5.74, 6) is 0.844. The van der Waals surface area contributed by atoms with Crippen LogP contribution in [0.1, 0.15) is 23.6 Å². The highest BCUT2D eigenvalue weighted by Gasteiger charge is 2.34. The molecule has 5 nitrogen and oxygen atoms in total. The van der Waals surface area contributed by atoms with E-state index in [1.54, 1.807) is 10.6 Å². The highest BCUT2D eigenvalue weighted by Crippen LogP contribution is 2.35. The number of pyridine rings is 2. The van der Waals surface area contributed by atoms with Crippen LogP contribution in [0.4, 0.5) is 0 Å². The Bertz CT molecular complexity index is 1140. The molecule has 2 aliphatic heterocycles. The third-order valence-corrected chi connectivity index (χ3v) is 6.16. The van der Waals surface area contributed by atoms with Gasteiger partial charge in [0.2, 0.25) is 0 Å². The SMILES string of the molecule is Cn1c(=O)c(CN2C[C@@H]3C[C@@H](C2)c2cccc(=O)n2C3)cc2ccccc21. The third-order valence-electron chi connectivity index (χ3n) is 6.16. The minimum atomic E-state index is 0.0843. The number of nitrogens with zero attached hydrogens (tertiary/aromatic N) is 3. The van der Waals surface area contributed by atoms with Gasteiger partial charge in [-0.1, -0.05) is 24.3 Å². The normalized spacial score (nSPS) is 22.0. The van der Waals surface area contributed by atoms with Crippen LogP contribution in [-0.2, 0) is 20.1 Å². The van der Waals surface area contributed by atoms with Crippen LogP contribution < -0.4 is 11.1 Å². The number of para-hydroxylation sites is 1. The zero-order valence-corrected chi connectivity index (χ0v) is 15.5. The summed E-state index contributed by atoms with van der Waals surface area (Å²) >= 11 is 0. The van der Waals surface area contributed by atoms with Gasteiger partial charge in [-0.3, -0.25) is 14.5 Å². The minimum Gasteiger partial charge on any atom is -0.312 e. The van der Waals surface area contributed by atoms with Gasteiger partial charge in [-0.25, -0.2) is 0 Å². The van der Waals surface area contributed by atoms with Crippen molar-refractivity contribution in [2.24, 2.45) is 13.0 Å². The van der Waals surface area contributed by atoms with E-state index in [4.69, 9.17) is 0 Å². The van der Waals surface area contributed by atoms with Crippen molar-refractivity contribution in [3.63, 3.8) is 0 Å². The van der Waals surface area contributed by atoms with E-state index < -0.39 is 0 Å². The molecule has 5 heteroatoms. The summed E-state index contributed by atoms with van der Waals surface area (Å²) < 4.78 is 3.70. The molecule has 2 atom stereocenters. The van der Waals surface area contributed by atoms with Gasteiger partial charge in [-0.15, -0.1) is 0 Å². The van der Waals surface area contributed by atoms with E-state index in [0.29, 0.717) is 18.4 Å². The molecule has 5 rings (SSSR count). The molecule has 0 unspecified atom stereocenters. The van der Waals surface area contributed by atoms with E-state index in [-0.39, 0.29) is 11.1 Å². The minimum absolute atomic E-state index is 0.0843. The maximum Gasteiger partial charge on any atom is 0.255 e. The monoisotopic (exact) mass is 361 g/mol. The van der Waals surface area contributed by atoms with Gasteiger partial charge in [0, 0.05) is 56.5 Å². The largest absolute Gasteiger partial charge is 0.312 e. The Morgan fingerprint density at radius 1 is 1.00 bits per heavy atom. The second-order valence-electron chi connectivity index (χ2n) is 7.98. The maximum atomic E-state index is 12.8. The molecule has 0 aliphatic carbocycles. The molecule has 2 bridgehead atoms. The summed E-state index contributed by atoms with van der Waals surface area (Å²) in [6, 6.07) is 15.7. The summed E-state index contributed by atoms with van der Waals surface area (Å²) in [7, 11) is 1.85. The Morgan fingerprint density at radius 3 is 2.74 bits per heavy atom.